The van der Waals surface area contributed by atoms with E-state index in [2.05, 4.69) is 10.6 Å². The fourth-order valence-corrected chi connectivity index (χ4v) is 3.51. The van der Waals surface area contributed by atoms with Gasteiger partial charge in [-0.3, -0.25) is 9.59 Å². The molecule has 2 aromatic rings. The van der Waals surface area contributed by atoms with Crippen molar-refractivity contribution in [2.75, 3.05) is 10.6 Å². The Balaban J connectivity index is 1.52. The van der Waals surface area contributed by atoms with Gasteiger partial charge in [-0.05, 0) is 62.8 Å². The summed E-state index contributed by atoms with van der Waals surface area (Å²) in [5, 5.41) is 6.06. The third-order valence-corrected chi connectivity index (χ3v) is 5.27. The topological polar surface area (TPSA) is 58.2 Å². The summed E-state index contributed by atoms with van der Waals surface area (Å²) >= 11 is 0. The highest BCUT2D eigenvalue weighted by Gasteiger charge is 2.30. The smallest absolute Gasteiger partial charge is 0.227 e. The van der Waals surface area contributed by atoms with Crippen LogP contribution in [0, 0.1) is 25.7 Å². The number of aryl methyl sites for hydroxylation is 2. The highest BCUT2D eigenvalue weighted by molar-refractivity contribution is 5.95. The fourth-order valence-electron chi connectivity index (χ4n) is 3.51. The van der Waals surface area contributed by atoms with Crippen molar-refractivity contribution >= 4 is 23.2 Å². The first-order chi connectivity index (χ1) is 12.5. The van der Waals surface area contributed by atoms with Crippen molar-refractivity contribution in [3.8, 4) is 0 Å². The van der Waals surface area contributed by atoms with Crippen molar-refractivity contribution in [3.63, 3.8) is 0 Å². The van der Waals surface area contributed by atoms with Crippen LogP contribution in [0.5, 0.6) is 0 Å². The number of amides is 2. The Hall–Kier alpha value is -2.62. The van der Waals surface area contributed by atoms with E-state index in [0.29, 0.717) is 0 Å². The number of anilines is 2. The standard InChI is InChI=1S/C22H26N2O2/c1-15-7-3-5-9-19(15)23-21(25)17-11-13-18(14-12-17)22(26)24-20-10-6-4-8-16(20)2/h3-10,17-18H,11-14H2,1-2H3,(H,23,25)(H,24,26). The van der Waals surface area contributed by atoms with Crippen LogP contribution >= 0.6 is 0 Å². The molecule has 1 aliphatic rings. The van der Waals surface area contributed by atoms with Crippen molar-refractivity contribution in [1.29, 1.82) is 0 Å². The Labute approximate surface area is 155 Å². The molecule has 0 saturated heterocycles. The molecule has 0 radical (unpaired) electrons. The number of benzene rings is 2. The van der Waals surface area contributed by atoms with E-state index in [4.69, 9.17) is 0 Å². The van der Waals surface area contributed by atoms with Crippen molar-refractivity contribution in [2.45, 2.75) is 39.5 Å². The summed E-state index contributed by atoms with van der Waals surface area (Å²) in [6.45, 7) is 3.98. The zero-order valence-corrected chi connectivity index (χ0v) is 15.4. The highest BCUT2D eigenvalue weighted by atomic mass is 16.2. The van der Waals surface area contributed by atoms with E-state index in [1.54, 1.807) is 0 Å². The number of hydrogen-bond donors (Lipinski definition) is 2. The molecule has 0 spiro atoms. The normalized spacial score (nSPS) is 19.6. The minimum absolute atomic E-state index is 0.0166. The Kier molecular flexibility index (Phi) is 5.71. The first-order valence-corrected chi connectivity index (χ1v) is 9.27. The van der Waals surface area contributed by atoms with Gasteiger partial charge >= 0.3 is 0 Å². The summed E-state index contributed by atoms with van der Waals surface area (Å²) < 4.78 is 0. The third-order valence-electron chi connectivity index (χ3n) is 5.27. The van der Waals surface area contributed by atoms with Gasteiger partial charge in [-0.2, -0.15) is 0 Å². The molecular formula is C22H26N2O2. The van der Waals surface area contributed by atoms with Crippen molar-refractivity contribution in [3.05, 3.63) is 59.7 Å². The van der Waals surface area contributed by atoms with Gasteiger partial charge in [-0.15, -0.1) is 0 Å². The van der Waals surface area contributed by atoms with Gasteiger partial charge in [0.25, 0.3) is 0 Å². The lowest BCUT2D eigenvalue weighted by Crippen LogP contribution is -2.32. The van der Waals surface area contributed by atoms with E-state index in [9.17, 15) is 9.59 Å². The molecule has 26 heavy (non-hydrogen) atoms. The van der Waals surface area contributed by atoms with Gasteiger partial charge in [0.15, 0.2) is 0 Å². The van der Waals surface area contributed by atoms with Gasteiger partial charge < -0.3 is 10.6 Å². The molecule has 4 heteroatoms. The van der Waals surface area contributed by atoms with Gasteiger partial charge in [-0.25, -0.2) is 0 Å². The molecule has 3 rings (SSSR count). The quantitative estimate of drug-likeness (QED) is 0.840. The number of carbonyl (C=O) groups excluding carboxylic acids is 2. The fraction of sp³-hybridized carbons (Fsp3) is 0.364. The molecule has 2 aromatic carbocycles. The van der Waals surface area contributed by atoms with Crippen molar-refractivity contribution in [2.24, 2.45) is 11.8 Å². The molecule has 1 saturated carbocycles. The monoisotopic (exact) mass is 350 g/mol. The van der Waals surface area contributed by atoms with E-state index in [1.165, 1.54) is 0 Å². The van der Waals surface area contributed by atoms with Crippen LogP contribution in [0.1, 0.15) is 36.8 Å². The molecule has 0 aliphatic heterocycles. The van der Waals surface area contributed by atoms with Gasteiger partial charge in [-0.1, -0.05) is 36.4 Å². The number of hydrogen-bond acceptors (Lipinski definition) is 2. The van der Waals surface area contributed by atoms with E-state index < -0.39 is 0 Å². The van der Waals surface area contributed by atoms with Gasteiger partial charge in [0.2, 0.25) is 11.8 Å². The minimum atomic E-state index is -0.0166. The average Bonchev–Trinajstić information content (AvgIpc) is 2.65. The maximum absolute atomic E-state index is 12.5. The lowest BCUT2D eigenvalue weighted by molar-refractivity contribution is -0.125. The maximum Gasteiger partial charge on any atom is 0.227 e. The van der Waals surface area contributed by atoms with Crippen LogP contribution in [0.2, 0.25) is 0 Å². The predicted octanol–water partition coefficient (Wildman–Crippen LogP) is 4.69. The van der Waals surface area contributed by atoms with Gasteiger partial charge in [0, 0.05) is 23.2 Å². The predicted molar refractivity (Wildman–Crippen MR) is 105 cm³/mol. The van der Waals surface area contributed by atoms with E-state index in [0.717, 1.165) is 48.2 Å². The molecule has 0 aromatic heterocycles. The Morgan fingerprint density at radius 2 is 1.04 bits per heavy atom. The Morgan fingerprint density at radius 3 is 1.38 bits per heavy atom. The third kappa shape index (κ3) is 4.31. The van der Waals surface area contributed by atoms with E-state index >= 15 is 0 Å². The summed E-state index contributed by atoms with van der Waals surface area (Å²) in [4.78, 5) is 25.0. The molecule has 1 aliphatic carbocycles. The SMILES string of the molecule is Cc1ccccc1NC(=O)C1CCC(C(=O)Nc2ccccc2C)CC1. The first kappa shape index (κ1) is 18.2. The maximum atomic E-state index is 12.5. The molecule has 0 bridgehead atoms. The average molecular weight is 350 g/mol. The second-order valence-electron chi connectivity index (χ2n) is 7.16. The first-order valence-electron chi connectivity index (χ1n) is 9.27. The van der Waals surface area contributed by atoms with Crippen LogP contribution in [-0.2, 0) is 9.59 Å². The van der Waals surface area contributed by atoms with Crippen LogP contribution in [0.25, 0.3) is 0 Å². The Morgan fingerprint density at radius 1 is 0.692 bits per heavy atom. The highest BCUT2D eigenvalue weighted by Crippen LogP contribution is 2.31. The molecule has 2 amide bonds. The number of nitrogens with one attached hydrogen (secondary N) is 2. The van der Waals surface area contributed by atoms with Crippen LogP contribution < -0.4 is 10.6 Å². The summed E-state index contributed by atoms with van der Waals surface area (Å²) in [5.41, 5.74) is 3.87. The number of para-hydroxylation sites is 2. The molecule has 0 atom stereocenters. The Bertz CT molecular complexity index is 725. The summed E-state index contributed by atoms with van der Waals surface area (Å²) in [6.07, 6.45) is 3.01. The molecule has 1 fully saturated rings. The molecular weight excluding hydrogens is 324 g/mol. The van der Waals surface area contributed by atoms with Crippen LogP contribution in [0.3, 0.4) is 0 Å². The largest absolute Gasteiger partial charge is 0.326 e. The molecule has 2 N–H and O–H groups in total. The van der Waals surface area contributed by atoms with Crippen molar-refractivity contribution in [1.82, 2.24) is 0 Å². The van der Waals surface area contributed by atoms with Gasteiger partial charge in [0.05, 0.1) is 0 Å². The molecule has 0 unspecified atom stereocenters. The van der Waals surface area contributed by atoms with E-state index in [1.807, 2.05) is 62.4 Å². The van der Waals surface area contributed by atoms with Crippen LogP contribution in [0.4, 0.5) is 11.4 Å². The number of rotatable bonds is 4. The number of carbonyl (C=O) groups is 2. The van der Waals surface area contributed by atoms with Gasteiger partial charge in [0.1, 0.15) is 0 Å². The minimum Gasteiger partial charge on any atom is -0.326 e. The zero-order valence-electron chi connectivity index (χ0n) is 15.4. The lowest BCUT2D eigenvalue weighted by atomic mass is 9.81. The second-order valence-corrected chi connectivity index (χ2v) is 7.16. The van der Waals surface area contributed by atoms with Crippen LogP contribution in [0.15, 0.2) is 48.5 Å². The summed E-state index contributed by atoms with van der Waals surface area (Å²) in [6, 6.07) is 15.6. The van der Waals surface area contributed by atoms with Crippen LogP contribution in [-0.4, -0.2) is 11.8 Å². The summed E-state index contributed by atoms with van der Waals surface area (Å²) in [5.74, 6) is 0.100. The summed E-state index contributed by atoms with van der Waals surface area (Å²) in [7, 11) is 0. The lowest BCUT2D eigenvalue weighted by Gasteiger charge is -2.27. The molecule has 4 nitrogen and oxygen atoms in total. The van der Waals surface area contributed by atoms with E-state index in [-0.39, 0.29) is 23.7 Å². The zero-order chi connectivity index (χ0) is 18.5. The molecule has 0 heterocycles. The second kappa shape index (κ2) is 8.17. The molecule has 136 valence electrons. The van der Waals surface area contributed by atoms with Crippen molar-refractivity contribution < 1.29 is 9.59 Å².